The van der Waals surface area contributed by atoms with E-state index in [0.29, 0.717) is 59.8 Å². The Bertz CT molecular complexity index is 2160. The second-order valence-corrected chi connectivity index (χ2v) is 12.8. The molecule has 0 fully saturated rings. The largest absolute Gasteiger partial charge is 0.454 e. The Morgan fingerprint density at radius 1 is 0.552 bits per heavy atom. The summed E-state index contributed by atoms with van der Waals surface area (Å²) in [6.45, 7) is 0.606. The van der Waals surface area contributed by atoms with Gasteiger partial charge in [-0.3, -0.25) is 39.4 Å². The lowest BCUT2D eigenvalue weighted by Gasteiger charge is -2.12. The molecule has 18 nitrogen and oxygen atoms in total. The van der Waals surface area contributed by atoms with E-state index in [2.05, 4.69) is 21.3 Å². The van der Waals surface area contributed by atoms with Gasteiger partial charge in [-0.15, -0.1) is 0 Å². The van der Waals surface area contributed by atoms with Crippen molar-refractivity contribution in [3.8, 4) is 23.0 Å². The van der Waals surface area contributed by atoms with Crippen molar-refractivity contribution in [1.29, 1.82) is 0 Å². The number of hydrogen-bond donors (Lipinski definition) is 4. The number of amides is 4. The first-order valence-electron chi connectivity index (χ1n) is 17.9. The number of carbonyl (C=O) groups excluding carboxylic acids is 4. The Morgan fingerprint density at radius 2 is 0.966 bits per heavy atom. The standard InChI is InChI=1S/C40H36N6O12/c47-37(27-7-5-9-29(21-27)45(51)52)43-31(17-25-11-13-33-35(19-25)57-23-55-33)39(49)41-15-3-1-2-4-16-42-40(50)32(18-26-12-14-34-36(20-26)58-24-56-34)44-38(48)28-8-6-10-30(22-28)46(53)54/h5-14,17-22H,1-4,15-16,23-24H2,(H,41,49)(H,42,50)(H,43,47)(H,44,48)/b31-17-,32-18-. The molecule has 0 spiro atoms. The van der Waals surface area contributed by atoms with Crippen molar-refractivity contribution in [3.63, 3.8) is 0 Å². The quantitative estimate of drug-likeness (QED) is 0.0478. The Morgan fingerprint density at radius 3 is 1.38 bits per heavy atom. The molecule has 0 aliphatic carbocycles. The molecule has 4 N–H and O–H groups in total. The van der Waals surface area contributed by atoms with Crippen molar-refractivity contribution in [3.05, 3.63) is 139 Å². The van der Waals surface area contributed by atoms with Gasteiger partial charge in [0.2, 0.25) is 13.6 Å². The number of unbranched alkanes of at least 4 members (excludes halogenated alkanes) is 3. The number of fused-ring (bicyclic) bond motifs is 2. The van der Waals surface area contributed by atoms with Crippen LogP contribution in [0.5, 0.6) is 23.0 Å². The molecule has 0 unspecified atom stereocenters. The van der Waals surface area contributed by atoms with E-state index in [0.717, 1.165) is 12.1 Å². The molecular formula is C40H36N6O12. The van der Waals surface area contributed by atoms with Crippen LogP contribution in [0.4, 0.5) is 11.4 Å². The van der Waals surface area contributed by atoms with E-state index >= 15 is 0 Å². The molecule has 0 saturated carbocycles. The van der Waals surface area contributed by atoms with Crippen LogP contribution in [0.2, 0.25) is 0 Å². The third kappa shape index (κ3) is 10.5. The second kappa shape index (κ2) is 18.7. The zero-order valence-electron chi connectivity index (χ0n) is 30.7. The van der Waals surface area contributed by atoms with Crippen LogP contribution in [0, 0.1) is 20.2 Å². The topological polar surface area (TPSA) is 240 Å². The molecule has 2 aliphatic rings. The maximum atomic E-state index is 13.3. The number of ether oxygens (including phenoxy) is 4. The molecule has 0 radical (unpaired) electrons. The monoisotopic (exact) mass is 792 g/mol. The predicted octanol–water partition coefficient (Wildman–Crippen LogP) is 5.00. The number of benzene rings is 4. The third-order valence-electron chi connectivity index (χ3n) is 8.71. The summed E-state index contributed by atoms with van der Waals surface area (Å²) in [6, 6.07) is 20.3. The first kappa shape index (κ1) is 39.9. The van der Waals surface area contributed by atoms with E-state index in [1.54, 1.807) is 36.4 Å². The van der Waals surface area contributed by atoms with Crippen molar-refractivity contribution in [2.45, 2.75) is 25.7 Å². The highest BCUT2D eigenvalue weighted by Crippen LogP contribution is 2.34. The smallest absolute Gasteiger partial charge is 0.270 e. The maximum Gasteiger partial charge on any atom is 0.270 e. The normalized spacial score (nSPS) is 12.7. The van der Waals surface area contributed by atoms with Crippen LogP contribution in [-0.2, 0) is 9.59 Å². The summed E-state index contributed by atoms with van der Waals surface area (Å²) < 4.78 is 21.5. The maximum absolute atomic E-state index is 13.3. The van der Waals surface area contributed by atoms with Crippen LogP contribution in [0.15, 0.2) is 96.3 Å². The van der Waals surface area contributed by atoms with Crippen LogP contribution < -0.4 is 40.2 Å². The molecule has 4 aromatic carbocycles. The number of nitrogens with zero attached hydrogens (tertiary/aromatic N) is 2. The van der Waals surface area contributed by atoms with Gasteiger partial charge < -0.3 is 40.2 Å². The lowest BCUT2D eigenvalue weighted by atomic mass is 10.1. The van der Waals surface area contributed by atoms with Gasteiger partial charge in [0.15, 0.2) is 23.0 Å². The summed E-state index contributed by atoms with van der Waals surface area (Å²) in [5.74, 6) is -0.599. The SMILES string of the molecule is O=C(NCCCCCCNC(=O)/C(=C/c1ccc2c(c1)OCO2)NC(=O)c1cccc([N+](=O)[O-])c1)/C(=C/c1ccc2c(c1)OCO2)NC(=O)c1cccc([N+](=O)[O-])c1. The minimum Gasteiger partial charge on any atom is -0.454 e. The first-order chi connectivity index (χ1) is 28.0. The van der Waals surface area contributed by atoms with E-state index in [1.165, 1.54) is 48.6 Å². The fourth-order valence-electron chi connectivity index (χ4n) is 5.76. The molecule has 6 rings (SSSR count). The summed E-state index contributed by atoms with van der Waals surface area (Å²) >= 11 is 0. The van der Waals surface area contributed by atoms with E-state index in [-0.39, 0.29) is 60.6 Å². The van der Waals surface area contributed by atoms with Crippen molar-refractivity contribution in [1.82, 2.24) is 21.3 Å². The molecule has 4 amide bonds. The third-order valence-corrected chi connectivity index (χ3v) is 8.71. The van der Waals surface area contributed by atoms with E-state index in [4.69, 9.17) is 18.9 Å². The van der Waals surface area contributed by atoms with Crippen molar-refractivity contribution < 1.29 is 48.0 Å². The minimum atomic E-state index is -0.717. The van der Waals surface area contributed by atoms with Crippen LogP contribution in [-0.4, -0.2) is 60.2 Å². The summed E-state index contributed by atoms with van der Waals surface area (Å²) in [5.41, 5.74) is 0.307. The van der Waals surface area contributed by atoms with Gasteiger partial charge in [-0.25, -0.2) is 0 Å². The molecule has 0 bridgehead atoms. The van der Waals surface area contributed by atoms with Gasteiger partial charge in [0.25, 0.3) is 35.0 Å². The molecule has 0 aromatic heterocycles. The highest BCUT2D eigenvalue weighted by atomic mass is 16.7. The summed E-state index contributed by atoms with van der Waals surface area (Å²) in [4.78, 5) is 74.0. The number of nitro groups is 2. The predicted molar refractivity (Wildman–Crippen MR) is 207 cm³/mol. The van der Waals surface area contributed by atoms with Gasteiger partial charge in [0.05, 0.1) is 9.85 Å². The lowest BCUT2D eigenvalue weighted by Crippen LogP contribution is -2.35. The van der Waals surface area contributed by atoms with E-state index in [9.17, 15) is 39.4 Å². The Labute approximate surface area is 330 Å². The zero-order valence-corrected chi connectivity index (χ0v) is 30.7. The summed E-state index contributed by atoms with van der Waals surface area (Å²) in [7, 11) is 0. The molecule has 2 heterocycles. The number of nitrogens with one attached hydrogen (secondary N) is 4. The van der Waals surface area contributed by atoms with Crippen molar-refractivity contribution in [2.24, 2.45) is 0 Å². The molecular weight excluding hydrogens is 756 g/mol. The van der Waals surface area contributed by atoms with Crippen LogP contribution >= 0.6 is 0 Å². The van der Waals surface area contributed by atoms with Crippen LogP contribution in [0.1, 0.15) is 57.5 Å². The molecule has 0 atom stereocenters. The number of non-ortho nitro benzene ring substituents is 2. The average molecular weight is 793 g/mol. The van der Waals surface area contributed by atoms with Gasteiger partial charge >= 0.3 is 0 Å². The number of rotatable bonds is 17. The fourth-order valence-corrected chi connectivity index (χ4v) is 5.76. The lowest BCUT2D eigenvalue weighted by molar-refractivity contribution is -0.385. The van der Waals surface area contributed by atoms with Gasteiger partial charge in [-0.2, -0.15) is 0 Å². The fraction of sp³-hybridized carbons (Fsp3) is 0.200. The molecule has 2 aliphatic heterocycles. The van der Waals surface area contributed by atoms with Crippen molar-refractivity contribution in [2.75, 3.05) is 26.7 Å². The van der Waals surface area contributed by atoms with Gasteiger partial charge in [-0.1, -0.05) is 37.1 Å². The Hall–Kier alpha value is -7.76. The molecule has 4 aromatic rings. The summed E-state index contributed by atoms with van der Waals surface area (Å²) in [6.07, 6.45) is 5.36. The van der Waals surface area contributed by atoms with Gasteiger partial charge in [0.1, 0.15) is 11.4 Å². The van der Waals surface area contributed by atoms with E-state index in [1.807, 2.05) is 0 Å². The van der Waals surface area contributed by atoms with Gasteiger partial charge in [0, 0.05) is 48.5 Å². The Balaban J connectivity index is 1.01. The highest BCUT2D eigenvalue weighted by molar-refractivity contribution is 6.06. The Kier molecular flexibility index (Phi) is 12.9. The average Bonchev–Trinajstić information content (AvgIpc) is 3.90. The van der Waals surface area contributed by atoms with Crippen molar-refractivity contribution >= 4 is 47.2 Å². The second-order valence-electron chi connectivity index (χ2n) is 12.8. The van der Waals surface area contributed by atoms with Crippen LogP contribution in [0.3, 0.4) is 0 Å². The number of carbonyl (C=O) groups is 4. The molecule has 298 valence electrons. The molecule has 18 heteroatoms. The number of nitro benzene ring substituents is 2. The van der Waals surface area contributed by atoms with Gasteiger partial charge in [-0.05, 0) is 72.5 Å². The molecule has 58 heavy (non-hydrogen) atoms. The van der Waals surface area contributed by atoms with Crippen LogP contribution in [0.25, 0.3) is 12.2 Å². The molecule has 0 saturated heterocycles. The minimum absolute atomic E-state index is 0.00826. The zero-order chi connectivity index (χ0) is 41.0. The van der Waals surface area contributed by atoms with E-state index < -0.39 is 33.5 Å². The highest BCUT2D eigenvalue weighted by Gasteiger charge is 2.20. The number of hydrogen-bond acceptors (Lipinski definition) is 12. The first-order valence-corrected chi connectivity index (χ1v) is 17.9. The summed E-state index contributed by atoms with van der Waals surface area (Å²) in [5, 5.41) is 33.2.